The van der Waals surface area contributed by atoms with Gasteiger partial charge in [0.05, 0.1) is 12.7 Å². The van der Waals surface area contributed by atoms with Crippen LogP contribution >= 0.6 is 11.3 Å². The lowest BCUT2D eigenvalue weighted by Gasteiger charge is -2.27. The van der Waals surface area contributed by atoms with Crippen LogP contribution in [0.15, 0.2) is 48.5 Å². The van der Waals surface area contributed by atoms with Crippen LogP contribution in [0.5, 0.6) is 0 Å². The van der Waals surface area contributed by atoms with E-state index in [9.17, 15) is 9.59 Å². The van der Waals surface area contributed by atoms with Gasteiger partial charge in [-0.2, -0.15) is 0 Å². The van der Waals surface area contributed by atoms with Gasteiger partial charge in [0.25, 0.3) is 5.91 Å². The summed E-state index contributed by atoms with van der Waals surface area (Å²) in [6.07, 6.45) is 0.752. The number of esters is 1. The number of hydrogen-bond donors (Lipinski definition) is 1. The molecule has 1 N–H and O–H groups in total. The number of hydrogen-bond acceptors (Lipinski definition) is 5. The molecule has 2 heterocycles. The van der Waals surface area contributed by atoms with E-state index < -0.39 is 5.97 Å². The zero-order valence-electron chi connectivity index (χ0n) is 18.0. The van der Waals surface area contributed by atoms with Crippen LogP contribution in [0.3, 0.4) is 0 Å². The molecule has 4 rings (SSSR count). The summed E-state index contributed by atoms with van der Waals surface area (Å²) in [7, 11) is 1.38. The van der Waals surface area contributed by atoms with E-state index in [1.165, 1.54) is 24.0 Å². The van der Waals surface area contributed by atoms with E-state index in [-0.39, 0.29) is 5.91 Å². The molecule has 5 nitrogen and oxygen atoms in total. The second-order valence-corrected chi connectivity index (χ2v) is 9.02. The van der Waals surface area contributed by atoms with Crippen LogP contribution in [0.25, 0.3) is 0 Å². The van der Waals surface area contributed by atoms with Gasteiger partial charge in [0, 0.05) is 30.1 Å². The highest BCUT2D eigenvalue weighted by Crippen LogP contribution is 2.38. The molecule has 6 heteroatoms. The lowest BCUT2D eigenvalue weighted by Crippen LogP contribution is -2.29. The number of rotatable bonds is 5. The number of ether oxygens (including phenoxy) is 1. The van der Waals surface area contributed by atoms with Crippen molar-refractivity contribution in [3.63, 3.8) is 0 Å². The Balaban J connectivity index is 1.61. The summed E-state index contributed by atoms with van der Waals surface area (Å²) < 4.78 is 5.06. The quantitative estimate of drug-likeness (QED) is 0.577. The van der Waals surface area contributed by atoms with Crippen molar-refractivity contribution in [1.82, 2.24) is 4.90 Å². The topological polar surface area (TPSA) is 58.6 Å². The molecule has 0 atom stereocenters. The number of carbonyl (C=O) groups is 2. The lowest BCUT2D eigenvalue weighted by atomic mass is 10.0. The average molecular weight is 435 g/mol. The fourth-order valence-corrected chi connectivity index (χ4v) is 5.26. The smallest absolute Gasteiger partial charge is 0.341 e. The molecule has 0 unspecified atom stereocenters. The molecule has 0 radical (unpaired) electrons. The van der Waals surface area contributed by atoms with Crippen molar-refractivity contribution in [3.05, 3.63) is 86.8 Å². The summed E-state index contributed by atoms with van der Waals surface area (Å²) >= 11 is 1.48. The van der Waals surface area contributed by atoms with E-state index in [1.807, 2.05) is 50.2 Å². The van der Waals surface area contributed by atoms with Gasteiger partial charge in [-0.15, -0.1) is 11.3 Å². The Morgan fingerprint density at radius 2 is 1.90 bits per heavy atom. The Labute approximate surface area is 186 Å². The Hall–Kier alpha value is -2.96. The average Bonchev–Trinajstić information content (AvgIpc) is 3.12. The number of anilines is 1. The molecule has 2 aromatic carbocycles. The minimum absolute atomic E-state index is 0.203. The molecule has 0 fully saturated rings. The molecule has 0 spiro atoms. The number of amides is 1. The van der Waals surface area contributed by atoms with Crippen LogP contribution in [0.1, 0.15) is 47.8 Å². The molecule has 31 heavy (non-hydrogen) atoms. The van der Waals surface area contributed by atoms with Gasteiger partial charge in [-0.05, 0) is 43.0 Å². The summed E-state index contributed by atoms with van der Waals surface area (Å²) in [6, 6.07) is 16.2. The first-order valence-corrected chi connectivity index (χ1v) is 11.2. The van der Waals surface area contributed by atoms with Gasteiger partial charge in [-0.3, -0.25) is 9.69 Å². The van der Waals surface area contributed by atoms with Crippen molar-refractivity contribution in [3.8, 4) is 0 Å². The predicted octanol–water partition coefficient (Wildman–Crippen LogP) is 4.96. The highest BCUT2D eigenvalue weighted by atomic mass is 32.1. The molecule has 1 amide bonds. The van der Waals surface area contributed by atoms with E-state index in [1.54, 1.807) is 0 Å². The molecule has 1 aromatic heterocycles. The minimum Gasteiger partial charge on any atom is -0.465 e. The third kappa shape index (κ3) is 4.55. The first-order valence-electron chi connectivity index (χ1n) is 10.3. The standard InChI is InChI=1S/C25H26N2O3S/c1-16-9-10-17(2)20(13-16)23(28)26-24-22(25(29)30-3)19-11-12-27(15-21(19)31-24)14-18-7-5-4-6-8-18/h4-10,13H,11-12,14-15H2,1-3H3,(H,26,28). The largest absolute Gasteiger partial charge is 0.465 e. The number of aryl methyl sites for hydroxylation is 2. The van der Waals surface area contributed by atoms with Gasteiger partial charge < -0.3 is 10.1 Å². The molecule has 160 valence electrons. The maximum Gasteiger partial charge on any atom is 0.341 e. The second-order valence-electron chi connectivity index (χ2n) is 7.92. The SMILES string of the molecule is COC(=O)c1c(NC(=O)c2cc(C)ccc2C)sc2c1CCN(Cc1ccccc1)C2. The van der Waals surface area contributed by atoms with Crippen molar-refractivity contribution < 1.29 is 14.3 Å². The number of benzene rings is 2. The molecule has 0 aliphatic carbocycles. The van der Waals surface area contributed by atoms with Gasteiger partial charge >= 0.3 is 5.97 Å². The Morgan fingerprint density at radius 3 is 2.65 bits per heavy atom. The molecule has 1 aliphatic rings. The highest BCUT2D eigenvalue weighted by Gasteiger charge is 2.29. The monoisotopic (exact) mass is 434 g/mol. The van der Waals surface area contributed by atoms with E-state index in [0.29, 0.717) is 16.1 Å². The zero-order chi connectivity index (χ0) is 22.0. The number of nitrogens with zero attached hydrogens (tertiary/aromatic N) is 1. The van der Waals surface area contributed by atoms with Gasteiger partial charge in [0.2, 0.25) is 0 Å². The number of nitrogens with one attached hydrogen (secondary N) is 1. The number of methoxy groups -OCH3 is 1. The molecule has 1 aliphatic heterocycles. The summed E-state index contributed by atoms with van der Waals surface area (Å²) in [6.45, 7) is 6.33. The molecule has 0 saturated heterocycles. The summed E-state index contributed by atoms with van der Waals surface area (Å²) in [5.41, 5.74) is 5.30. The zero-order valence-corrected chi connectivity index (χ0v) is 18.8. The normalized spacial score (nSPS) is 13.5. The predicted molar refractivity (Wildman–Crippen MR) is 124 cm³/mol. The van der Waals surface area contributed by atoms with Crippen molar-refractivity contribution in [1.29, 1.82) is 0 Å². The van der Waals surface area contributed by atoms with Crippen LogP contribution in [0.4, 0.5) is 5.00 Å². The molecular weight excluding hydrogens is 408 g/mol. The Kier molecular flexibility index (Phi) is 6.20. The maximum atomic E-state index is 13.0. The maximum absolute atomic E-state index is 13.0. The van der Waals surface area contributed by atoms with Crippen LogP contribution < -0.4 is 5.32 Å². The van der Waals surface area contributed by atoms with E-state index in [4.69, 9.17) is 4.74 Å². The van der Waals surface area contributed by atoms with Gasteiger partial charge in [-0.25, -0.2) is 4.79 Å². The van der Waals surface area contributed by atoms with Crippen LogP contribution in [0.2, 0.25) is 0 Å². The first kappa shape index (κ1) is 21.3. The fraction of sp³-hybridized carbons (Fsp3) is 0.280. The highest BCUT2D eigenvalue weighted by molar-refractivity contribution is 7.17. The van der Waals surface area contributed by atoms with Crippen LogP contribution in [0, 0.1) is 13.8 Å². The van der Waals surface area contributed by atoms with Gasteiger partial charge in [0.15, 0.2) is 0 Å². The lowest BCUT2D eigenvalue weighted by molar-refractivity contribution is 0.0600. The fourth-order valence-electron chi connectivity index (χ4n) is 3.99. The van der Waals surface area contributed by atoms with Crippen molar-refractivity contribution in [2.45, 2.75) is 33.4 Å². The van der Waals surface area contributed by atoms with Gasteiger partial charge in [-0.1, -0.05) is 48.0 Å². The van der Waals surface area contributed by atoms with Crippen molar-refractivity contribution >= 4 is 28.2 Å². The van der Waals surface area contributed by atoms with E-state index >= 15 is 0 Å². The Bertz CT molecular complexity index is 1120. The second kappa shape index (κ2) is 9.04. The molecule has 0 bridgehead atoms. The number of thiophene rings is 1. The van der Waals surface area contributed by atoms with E-state index in [0.717, 1.165) is 47.6 Å². The number of carbonyl (C=O) groups excluding carboxylic acids is 2. The molecule has 0 saturated carbocycles. The minimum atomic E-state index is -0.398. The van der Waals surface area contributed by atoms with Crippen molar-refractivity contribution in [2.24, 2.45) is 0 Å². The summed E-state index contributed by atoms with van der Waals surface area (Å²) in [4.78, 5) is 29.1. The third-order valence-corrected chi connectivity index (χ3v) is 6.77. The van der Waals surface area contributed by atoms with Crippen LogP contribution in [-0.4, -0.2) is 30.4 Å². The molecular formula is C25H26N2O3S. The third-order valence-electron chi connectivity index (χ3n) is 5.64. The molecule has 3 aromatic rings. The number of fused-ring (bicyclic) bond motifs is 1. The van der Waals surface area contributed by atoms with Gasteiger partial charge in [0.1, 0.15) is 5.00 Å². The first-order chi connectivity index (χ1) is 15.0. The van der Waals surface area contributed by atoms with Crippen LogP contribution in [-0.2, 0) is 24.2 Å². The van der Waals surface area contributed by atoms with Crippen molar-refractivity contribution in [2.75, 3.05) is 19.0 Å². The van der Waals surface area contributed by atoms with E-state index in [2.05, 4.69) is 22.3 Å². The summed E-state index contributed by atoms with van der Waals surface area (Å²) in [5.74, 6) is -0.601. The summed E-state index contributed by atoms with van der Waals surface area (Å²) in [5, 5.41) is 3.57. The Morgan fingerprint density at radius 1 is 1.13 bits per heavy atom.